The van der Waals surface area contributed by atoms with Gasteiger partial charge < -0.3 is 9.88 Å². The van der Waals surface area contributed by atoms with Crippen LogP contribution in [0.1, 0.15) is 31.3 Å². The Morgan fingerprint density at radius 3 is 2.93 bits per heavy atom. The maximum Gasteiger partial charge on any atom is 0.0950 e. The number of aryl methyl sites for hydroxylation is 1. The molecular weight excluding hydrogens is 188 g/mol. The lowest BCUT2D eigenvalue weighted by atomic mass is 10.1. The first kappa shape index (κ1) is 10.6. The molecule has 4 heteroatoms. The van der Waals surface area contributed by atoms with Crippen LogP contribution in [0.4, 0.5) is 0 Å². The van der Waals surface area contributed by atoms with Gasteiger partial charge in [0.05, 0.1) is 23.8 Å². The van der Waals surface area contributed by atoms with E-state index < -0.39 is 0 Å². The Balaban J connectivity index is 2.29. The Morgan fingerprint density at radius 2 is 2.27 bits per heavy atom. The summed E-state index contributed by atoms with van der Waals surface area (Å²) in [4.78, 5) is 6.99. The van der Waals surface area contributed by atoms with Crippen LogP contribution < -0.4 is 5.32 Å². The van der Waals surface area contributed by atoms with Gasteiger partial charge in [0, 0.05) is 20.1 Å². The van der Waals surface area contributed by atoms with Gasteiger partial charge in [0.1, 0.15) is 0 Å². The second-order valence-corrected chi connectivity index (χ2v) is 4.06. The molecule has 1 unspecified atom stereocenters. The van der Waals surface area contributed by atoms with E-state index in [1.807, 2.05) is 6.33 Å². The highest BCUT2D eigenvalue weighted by Gasteiger charge is 2.27. The van der Waals surface area contributed by atoms with Crippen molar-refractivity contribution in [2.45, 2.75) is 26.4 Å². The van der Waals surface area contributed by atoms with Crippen LogP contribution in [0.2, 0.25) is 0 Å². The van der Waals surface area contributed by atoms with Crippen molar-refractivity contribution in [2.24, 2.45) is 7.05 Å². The number of imidazole rings is 1. The van der Waals surface area contributed by atoms with Crippen molar-refractivity contribution in [3.8, 4) is 0 Å². The first-order chi connectivity index (χ1) is 7.27. The molecule has 0 saturated heterocycles. The van der Waals surface area contributed by atoms with E-state index in [1.165, 1.54) is 11.4 Å². The van der Waals surface area contributed by atoms with Gasteiger partial charge in [0.2, 0.25) is 0 Å². The molecular formula is C11H20N4. The van der Waals surface area contributed by atoms with Crippen LogP contribution in [0.3, 0.4) is 0 Å². The molecule has 1 aromatic heterocycles. The molecule has 0 saturated carbocycles. The summed E-state index contributed by atoms with van der Waals surface area (Å²) in [5.74, 6) is 0. The number of nitrogens with zero attached hydrogens (tertiary/aromatic N) is 3. The molecule has 15 heavy (non-hydrogen) atoms. The fourth-order valence-corrected chi connectivity index (χ4v) is 2.36. The van der Waals surface area contributed by atoms with Gasteiger partial charge in [0.15, 0.2) is 0 Å². The molecule has 0 spiro atoms. The molecule has 1 atom stereocenters. The van der Waals surface area contributed by atoms with Crippen molar-refractivity contribution in [3.63, 3.8) is 0 Å². The van der Waals surface area contributed by atoms with Gasteiger partial charge in [0.25, 0.3) is 0 Å². The molecule has 0 radical (unpaired) electrons. The molecule has 2 rings (SSSR count). The lowest BCUT2D eigenvalue weighted by molar-refractivity contribution is 0.200. The van der Waals surface area contributed by atoms with Crippen LogP contribution in [0.15, 0.2) is 6.33 Å². The van der Waals surface area contributed by atoms with Gasteiger partial charge in [-0.1, -0.05) is 13.8 Å². The quantitative estimate of drug-likeness (QED) is 0.801. The van der Waals surface area contributed by atoms with Crippen LogP contribution in [-0.2, 0) is 13.6 Å². The monoisotopic (exact) mass is 208 g/mol. The van der Waals surface area contributed by atoms with Crippen molar-refractivity contribution >= 4 is 0 Å². The fraction of sp³-hybridized carbons (Fsp3) is 0.727. The lowest BCUT2D eigenvalue weighted by Gasteiger charge is -2.32. The molecule has 84 valence electrons. The van der Waals surface area contributed by atoms with Gasteiger partial charge in [-0.15, -0.1) is 0 Å². The van der Waals surface area contributed by atoms with Gasteiger partial charge in [-0.05, 0) is 13.1 Å². The van der Waals surface area contributed by atoms with E-state index in [0.29, 0.717) is 6.04 Å². The van der Waals surface area contributed by atoms with Gasteiger partial charge in [-0.3, -0.25) is 4.90 Å². The van der Waals surface area contributed by atoms with Crippen molar-refractivity contribution < 1.29 is 0 Å². The third-order valence-electron chi connectivity index (χ3n) is 3.29. The Morgan fingerprint density at radius 1 is 1.53 bits per heavy atom. The number of rotatable bonds is 3. The van der Waals surface area contributed by atoms with Gasteiger partial charge in [-0.25, -0.2) is 4.98 Å². The zero-order chi connectivity index (χ0) is 10.8. The summed E-state index contributed by atoms with van der Waals surface area (Å²) < 4.78 is 2.12. The minimum Gasteiger partial charge on any atom is -0.336 e. The number of hydrogen-bond acceptors (Lipinski definition) is 3. The second kappa shape index (κ2) is 4.33. The van der Waals surface area contributed by atoms with E-state index in [0.717, 1.165) is 26.2 Å². The van der Waals surface area contributed by atoms with E-state index in [-0.39, 0.29) is 0 Å². The van der Waals surface area contributed by atoms with Crippen LogP contribution in [0.25, 0.3) is 0 Å². The maximum absolute atomic E-state index is 4.54. The SMILES string of the molecule is CCN(CC)C1CNCc2c1ncn2C. The van der Waals surface area contributed by atoms with Crippen LogP contribution in [-0.4, -0.2) is 34.1 Å². The Labute approximate surface area is 91.3 Å². The first-order valence-corrected chi connectivity index (χ1v) is 5.72. The zero-order valence-corrected chi connectivity index (χ0v) is 9.82. The summed E-state index contributed by atoms with van der Waals surface area (Å²) in [5.41, 5.74) is 2.60. The number of likely N-dealkylation sites (N-methyl/N-ethyl adjacent to an activating group) is 1. The van der Waals surface area contributed by atoms with Gasteiger partial charge in [-0.2, -0.15) is 0 Å². The highest BCUT2D eigenvalue weighted by molar-refractivity contribution is 5.20. The summed E-state index contributed by atoms with van der Waals surface area (Å²) in [6.07, 6.45) is 1.92. The molecule has 1 aromatic rings. The summed E-state index contributed by atoms with van der Waals surface area (Å²) in [6, 6.07) is 0.449. The summed E-state index contributed by atoms with van der Waals surface area (Å²) >= 11 is 0. The normalized spacial score (nSPS) is 20.7. The number of nitrogens with one attached hydrogen (secondary N) is 1. The standard InChI is InChI=1S/C11H20N4/c1-4-15(5-2)10-7-12-6-9-11(10)13-8-14(9)3/h8,10,12H,4-7H2,1-3H3. The molecule has 4 nitrogen and oxygen atoms in total. The van der Waals surface area contributed by atoms with E-state index in [4.69, 9.17) is 0 Å². The van der Waals surface area contributed by atoms with Crippen molar-refractivity contribution in [2.75, 3.05) is 19.6 Å². The van der Waals surface area contributed by atoms with Crippen molar-refractivity contribution in [1.82, 2.24) is 19.8 Å². The second-order valence-electron chi connectivity index (χ2n) is 4.06. The molecule has 1 N–H and O–H groups in total. The lowest BCUT2D eigenvalue weighted by Crippen LogP contribution is -2.40. The molecule has 0 amide bonds. The predicted molar refractivity (Wildman–Crippen MR) is 60.6 cm³/mol. The Hall–Kier alpha value is -0.870. The Bertz CT molecular complexity index is 327. The topological polar surface area (TPSA) is 33.1 Å². The number of hydrogen-bond donors (Lipinski definition) is 1. The molecule has 0 aromatic carbocycles. The van der Waals surface area contributed by atoms with E-state index in [9.17, 15) is 0 Å². The fourth-order valence-electron chi connectivity index (χ4n) is 2.36. The zero-order valence-electron chi connectivity index (χ0n) is 9.82. The smallest absolute Gasteiger partial charge is 0.0950 e. The molecule has 2 heterocycles. The summed E-state index contributed by atoms with van der Waals surface area (Å²) in [5, 5.41) is 3.46. The minimum absolute atomic E-state index is 0.449. The molecule has 0 bridgehead atoms. The largest absolute Gasteiger partial charge is 0.336 e. The molecule has 0 aliphatic carbocycles. The van der Waals surface area contributed by atoms with Crippen LogP contribution in [0.5, 0.6) is 0 Å². The van der Waals surface area contributed by atoms with E-state index >= 15 is 0 Å². The van der Waals surface area contributed by atoms with Crippen molar-refractivity contribution in [1.29, 1.82) is 0 Å². The van der Waals surface area contributed by atoms with Crippen molar-refractivity contribution in [3.05, 3.63) is 17.7 Å². The molecule has 0 fully saturated rings. The average Bonchev–Trinajstić information content (AvgIpc) is 2.64. The highest BCUT2D eigenvalue weighted by Crippen LogP contribution is 2.24. The molecule has 1 aliphatic rings. The van der Waals surface area contributed by atoms with E-state index in [2.05, 4.69) is 40.7 Å². The van der Waals surface area contributed by atoms with Crippen LogP contribution in [0, 0.1) is 0 Å². The van der Waals surface area contributed by atoms with Gasteiger partial charge >= 0.3 is 0 Å². The highest BCUT2D eigenvalue weighted by atomic mass is 15.2. The predicted octanol–water partition coefficient (Wildman–Crippen LogP) is 0.906. The summed E-state index contributed by atoms with van der Waals surface area (Å²) in [7, 11) is 2.07. The number of aromatic nitrogens is 2. The minimum atomic E-state index is 0.449. The number of fused-ring (bicyclic) bond motifs is 1. The first-order valence-electron chi connectivity index (χ1n) is 5.72. The third kappa shape index (κ3) is 1.79. The maximum atomic E-state index is 4.54. The van der Waals surface area contributed by atoms with E-state index in [1.54, 1.807) is 0 Å². The third-order valence-corrected chi connectivity index (χ3v) is 3.29. The Kier molecular flexibility index (Phi) is 3.07. The molecule has 1 aliphatic heterocycles. The summed E-state index contributed by atoms with van der Waals surface area (Å²) in [6.45, 7) is 8.55. The average molecular weight is 208 g/mol. The van der Waals surface area contributed by atoms with Crippen LogP contribution >= 0.6 is 0 Å².